The van der Waals surface area contributed by atoms with Gasteiger partial charge in [-0.2, -0.15) is 0 Å². The fourth-order valence-corrected chi connectivity index (χ4v) is 4.18. The molecule has 0 aliphatic heterocycles. The maximum atomic E-state index is 13.3. The van der Waals surface area contributed by atoms with Crippen LogP contribution < -0.4 is 5.43 Å². The summed E-state index contributed by atoms with van der Waals surface area (Å²) < 4.78 is 1.84. The summed E-state index contributed by atoms with van der Waals surface area (Å²) in [6.45, 7) is 4.22. The molecule has 2 aromatic carbocycles. The minimum atomic E-state index is -1.28. The topological polar surface area (TPSA) is 59.3 Å². The average molecular weight is 448 g/mol. The van der Waals surface area contributed by atoms with Crippen LogP contribution in [0.1, 0.15) is 23.0 Å². The molecule has 0 fully saturated rings. The molecule has 0 atom stereocenters. The maximum absolute atomic E-state index is 13.3. The minimum absolute atomic E-state index is 0.278. The summed E-state index contributed by atoms with van der Waals surface area (Å²) in [5.74, 6) is -1.28. The predicted molar refractivity (Wildman–Crippen MR) is 121 cm³/mol. The van der Waals surface area contributed by atoms with Crippen molar-refractivity contribution in [2.45, 2.75) is 25.3 Å². The first-order valence-electron chi connectivity index (χ1n) is 8.90. The van der Waals surface area contributed by atoms with Crippen LogP contribution in [0.2, 0.25) is 10.0 Å². The van der Waals surface area contributed by atoms with E-state index in [0.717, 1.165) is 4.90 Å². The number of pyridine rings is 1. The summed E-state index contributed by atoms with van der Waals surface area (Å²) in [5.41, 5.74) is 1.84. The van der Waals surface area contributed by atoms with Gasteiger partial charge in [0.15, 0.2) is 0 Å². The molecule has 0 unspecified atom stereocenters. The normalized spacial score (nSPS) is 10.9. The standard InChI is InChI=1S/C22H19Cl2NO3S/c1-4-25-12(2)18(13-5-8-15(29-3)9-6-13)21(26)19(22(27)28)20(25)14-7-10-16(23)17(24)11-14/h5-11H,4H2,1-3H3,(H,27,28). The Kier molecular flexibility index (Phi) is 6.42. The first-order chi connectivity index (χ1) is 13.8. The van der Waals surface area contributed by atoms with Gasteiger partial charge in [0, 0.05) is 28.3 Å². The first-order valence-corrected chi connectivity index (χ1v) is 10.9. The van der Waals surface area contributed by atoms with Gasteiger partial charge in [0.1, 0.15) is 5.56 Å². The maximum Gasteiger partial charge on any atom is 0.341 e. The molecule has 0 amide bonds. The second kappa shape index (κ2) is 8.66. The molecule has 0 radical (unpaired) electrons. The molecular weight excluding hydrogens is 429 g/mol. The number of rotatable bonds is 5. The second-order valence-corrected chi connectivity index (χ2v) is 8.11. The zero-order valence-corrected chi connectivity index (χ0v) is 18.5. The second-order valence-electron chi connectivity index (χ2n) is 6.42. The van der Waals surface area contributed by atoms with Crippen molar-refractivity contribution in [3.8, 4) is 22.4 Å². The monoisotopic (exact) mass is 447 g/mol. The first kappa shape index (κ1) is 21.5. The van der Waals surface area contributed by atoms with Gasteiger partial charge in [-0.1, -0.05) is 41.4 Å². The Balaban J connectivity index is 2.40. The van der Waals surface area contributed by atoms with Gasteiger partial charge in [-0.3, -0.25) is 4.79 Å². The number of halogens is 2. The molecule has 0 saturated carbocycles. The van der Waals surface area contributed by atoms with E-state index in [0.29, 0.717) is 44.7 Å². The van der Waals surface area contributed by atoms with Crippen molar-refractivity contribution in [3.63, 3.8) is 0 Å². The van der Waals surface area contributed by atoms with E-state index in [1.807, 2.05) is 48.9 Å². The summed E-state index contributed by atoms with van der Waals surface area (Å²) in [6.07, 6.45) is 1.97. The summed E-state index contributed by atoms with van der Waals surface area (Å²) in [4.78, 5) is 26.6. The quantitative estimate of drug-likeness (QED) is 0.470. The number of hydrogen-bond donors (Lipinski definition) is 1. The Morgan fingerprint density at radius 3 is 2.21 bits per heavy atom. The summed E-state index contributed by atoms with van der Waals surface area (Å²) in [5, 5.41) is 10.6. The number of benzene rings is 2. The number of carboxylic acid groups (broad SMARTS) is 1. The number of hydrogen-bond acceptors (Lipinski definition) is 3. The van der Waals surface area contributed by atoms with Crippen molar-refractivity contribution in [2.24, 2.45) is 0 Å². The molecule has 4 nitrogen and oxygen atoms in total. The SMILES string of the molecule is CCn1c(C)c(-c2ccc(SC)cc2)c(=O)c(C(=O)O)c1-c1ccc(Cl)c(Cl)c1. The van der Waals surface area contributed by atoms with E-state index in [4.69, 9.17) is 23.2 Å². The highest BCUT2D eigenvalue weighted by Gasteiger charge is 2.25. The minimum Gasteiger partial charge on any atom is -0.477 e. The largest absolute Gasteiger partial charge is 0.477 e. The van der Waals surface area contributed by atoms with Gasteiger partial charge in [-0.25, -0.2) is 4.79 Å². The third-order valence-electron chi connectivity index (χ3n) is 4.83. The van der Waals surface area contributed by atoms with Crippen LogP contribution in [0.3, 0.4) is 0 Å². The fraction of sp³-hybridized carbons (Fsp3) is 0.182. The van der Waals surface area contributed by atoms with Gasteiger partial charge in [-0.15, -0.1) is 11.8 Å². The number of nitrogens with zero attached hydrogens (tertiary/aromatic N) is 1. The van der Waals surface area contributed by atoms with Crippen LogP contribution in [-0.2, 0) is 6.54 Å². The molecule has 1 heterocycles. The van der Waals surface area contributed by atoms with Gasteiger partial charge < -0.3 is 9.67 Å². The van der Waals surface area contributed by atoms with Crippen LogP contribution in [0.4, 0.5) is 0 Å². The molecular formula is C22H19Cl2NO3S. The summed E-state index contributed by atoms with van der Waals surface area (Å²) in [6, 6.07) is 12.4. The highest BCUT2D eigenvalue weighted by molar-refractivity contribution is 7.98. The number of aromatic nitrogens is 1. The smallest absolute Gasteiger partial charge is 0.341 e. The molecule has 7 heteroatoms. The van der Waals surface area contributed by atoms with Gasteiger partial charge in [0.25, 0.3) is 0 Å². The molecule has 0 bridgehead atoms. The lowest BCUT2D eigenvalue weighted by atomic mass is 9.96. The van der Waals surface area contributed by atoms with Gasteiger partial charge >= 0.3 is 5.97 Å². The van der Waals surface area contributed by atoms with Crippen LogP contribution in [0.25, 0.3) is 22.4 Å². The van der Waals surface area contributed by atoms with Crippen LogP contribution in [0.15, 0.2) is 52.2 Å². The highest BCUT2D eigenvalue weighted by Crippen LogP contribution is 2.33. The van der Waals surface area contributed by atoms with Gasteiger partial charge in [0.05, 0.1) is 15.7 Å². The molecule has 29 heavy (non-hydrogen) atoms. The van der Waals surface area contributed by atoms with Crippen molar-refractivity contribution in [1.29, 1.82) is 0 Å². The third-order valence-corrected chi connectivity index (χ3v) is 6.31. The average Bonchev–Trinajstić information content (AvgIpc) is 2.70. The van der Waals surface area contributed by atoms with Crippen molar-refractivity contribution in [1.82, 2.24) is 4.57 Å². The van der Waals surface area contributed by atoms with Gasteiger partial charge in [0.2, 0.25) is 5.43 Å². The number of aromatic carboxylic acids is 1. The van der Waals surface area contributed by atoms with Crippen LogP contribution in [-0.4, -0.2) is 21.9 Å². The molecule has 1 N–H and O–H groups in total. The Morgan fingerprint density at radius 1 is 1.07 bits per heavy atom. The van der Waals surface area contributed by atoms with Crippen LogP contribution in [0.5, 0.6) is 0 Å². The molecule has 1 aromatic heterocycles. The van der Waals surface area contributed by atoms with Crippen molar-refractivity contribution in [3.05, 3.63) is 74.0 Å². The van der Waals surface area contributed by atoms with Crippen LogP contribution >= 0.6 is 35.0 Å². The Morgan fingerprint density at radius 2 is 1.69 bits per heavy atom. The molecule has 3 rings (SSSR count). The Hall–Kier alpha value is -2.21. The molecule has 0 saturated heterocycles. The lowest BCUT2D eigenvalue weighted by Gasteiger charge is -2.21. The fourth-order valence-electron chi connectivity index (χ4n) is 3.47. The molecule has 0 aliphatic carbocycles. The number of thioether (sulfide) groups is 1. The van der Waals surface area contributed by atoms with Crippen molar-refractivity contribution in [2.75, 3.05) is 6.26 Å². The molecule has 0 spiro atoms. The lowest BCUT2D eigenvalue weighted by Crippen LogP contribution is -2.25. The van der Waals surface area contributed by atoms with E-state index in [-0.39, 0.29) is 5.56 Å². The van der Waals surface area contributed by atoms with E-state index < -0.39 is 11.4 Å². The Labute approximate surface area is 183 Å². The highest BCUT2D eigenvalue weighted by atomic mass is 35.5. The molecule has 3 aromatic rings. The number of carbonyl (C=O) groups is 1. The molecule has 150 valence electrons. The van der Waals surface area contributed by atoms with Gasteiger partial charge in [-0.05, 0) is 49.9 Å². The summed E-state index contributed by atoms with van der Waals surface area (Å²) >= 11 is 13.8. The lowest BCUT2D eigenvalue weighted by molar-refractivity contribution is 0.0695. The van der Waals surface area contributed by atoms with E-state index in [2.05, 4.69) is 0 Å². The molecule has 0 aliphatic rings. The van der Waals surface area contributed by atoms with Crippen molar-refractivity contribution < 1.29 is 9.90 Å². The zero-order chi connectivity index (χ0) is 21.3. The van der Waals surface area contributed by atoms with Crippen LogP contribution in [0, 0.1) is 6.92 Å². The van der Waals surface area contributed by atoms with Crippen molar-refractivity contribution >= 4 is 40.9 Å². The predicted octanol–water partition coefficient (Wildman–Crippen LogP) is 6.24. The number of carboxylic acids is 1. The Bertz CT molecular complexity index is 1150. The van der Waals surface area contributed by atoms with E-state index >= 15 is 0 Å². The third kappa shape index (κ3) is 3.95. The zero-order valence-electron chi connectivity index (χ0n) is 16.1. The van der Waals surface area contributed by atoms with E-state index in [1.165, 1.54) is 0 Å². The van der Waals surface area contributed by atoms with E-state index in [9.17, 15) is 14.7 Å². The summed E-state index contributed by atoms with van der Waals surface area (Å²) in [7, 11) is 0. The van der Waals surface area contributed by atoms with E-state index in [1.54, 1.807) is 30.0 Å².